The number of carbonyl (C=O) groups excluding carboxylic acids is 1. The lowest BCUT2D eigenvalue weighted by molar-refractivity contribution is -0.135. The van der Waals surface area contributed by atoms with Gasteiger partial charge in [-0.05, 0) is 25.3 Å². The minimum atomic E-state index is 0.0336. The van der Waals surface area contributed by atoms with E-state index >= 15 is 0 Å². The van der Waals surface area contributed by atoms with Crippen LogP contribution in [0, 0.1) is 12.8 Å². The lowest BCUT2D eigenvalue weighted by atomic mass is 9.88. The number of nitrogens with zero attached hydrogens (tertiary/aromatic N) is 3. The number of likely N-dealkylation sites (tertiary alicyclic amines) is 1. The Hall–Kier alpha value is -2.21. The fraction of sp³-hybridized carbons (Fsp3) is 0.500. The molecule has 1 aliphatic heterocycles. The van der Waals surface area contributed by atoms with Gasteiger partial charge in [-0.15, -0.1) is 0 Å². The SMILES string of the molecule is CO[C@@H]1CCN(C(=O)Cc2nc(C)no2)C[C@H]1Cc1ccccc1. The third kappa shape index (κ3) is 4.00. The molecule has 1 aliphatic rings. The van der Waals surface area contributed by atoms with E-state index in [0.29, 0.717) is 30.7 Å². The fourth-order valence-electron chi connectivity index (χ4n) is 3.31. The van der Waals surface area contributed by atoms with Gasteiger partial charge < -0.3 is 14.2 Å². The minimum absolute atomic E-state index is 0.0336. The molecule has 1 aromatic heterocycles. The lowest BCUT2D eigenvalue weighted by Crippen LogP contribution is -2.47. The average molecular weight is 329 g/mol. The number of amides is 1. The van der Waals surface area contributed by atoms with Crippen molar-refractivity contribution in [3.05, 3.63) is 47.6 Å². The maximum Gasteiger partial charge on any atom is 0.236 e. The fourth-order valence-corrected chi connectivity index (χ4v) is 3.31. The average Bonchev–Trinajstić information content (AvgIpc) is 3.00. The van der Waals surface area contributed by atoms with E-state index in [1.165, 1.54) is 5.56 Å². The smallest absolute Gasteiger partial charge is 0.236 e. The first-order chi connectivity index (χ1) is 11.7. The van der Waals surface area contributed by atoms with Gasteiger partial charge in [-0.3, -0.25) is 4.79 Å². The Morgan fingerprint density at radius 3 is 2.83 bits per heavy atom. The van der Waals surface area contributed by atoms with Crippen molar-refractivity contribution in [2.45, 2.75) is 32.3 Å². The normalized spacial score (nSPS) is 21.0. The third-order valence-corrected chi connectivity index (χ3v) is 4.53. The molecule has 1 amide bonds. The number of hydrogen-bond donors (Lipinski definition) is 0. The number of aryl methyl sites for hydroxylation is 1. The Morgan fingerprint density at radius 1 is 1.38 bits per heavy atom. The monoisotopic (exact) mass is 329 g/mol. The number of methoxy groups -OCH3 is 1. The zero-order valence-electron chi connectivity index (χ0n) is 14.1. The summed E-state index contributed by atoms with van der Waals surface area (Å²) in [6.07, 6.45) is 2.10. The van der Waals surface area contributed by atoms with Crippen LogP contribution in [0.1, 0.15) is 23.7 Å². The van der Waals surface area contributed by atoms with Gasteiger partial charge in [0.25, 0.3) is 0 Å². The summed E-state index contributed by atoms with van der Waals surface area (Å²) in [5, 5.41) is 3.73. The van der Waals surface area contributed by atoms with Crippen LogP contribution in [-0.4, -0.2) is 47.3 Å². The number of aromatic nitrogens is 2. The summed E-state index contributed by atoms with van der Waals surface area (Å²) in [5.74, 6) is 1.26. The molecular formula is C18H23N3O3. The summed E-state index contributed by atoms with van der Waals surface area (Å²) >= 11 is 0. The second kappa shape index (κ2) is 7.57. The highest BCUT2D eigenvalue weighted by molar-refractivity contribution is 5.77. The van der Waals surface area contributed by atoms with Gasteiger partial charge >= 0.3 is 0 Å². The van der Waals surface area contributed by atoms with Crippen molar-refractivity contribution in [1.29, 1.82) is 0 Å². The molecule has 3 rings (SSSR count). The summed E-state index contributed by atoms with van der Waals surface area (Å²) in [6, 6.07) is 10.3. The Balaban J connectivity index is 1.64. The molecule has 2 aromatic rings. The molecule has 1 fully saturated rings. The van der Waals surface area contributed by atoms with Gasteiger partial charge in [-0.1, -0.05) is 35.5 Å². The highest BCUT2D eigenvalue weighted by Crippen LogP contribution is 2.24. The Bertz CT molecular complexity index is 671. The molecule has 0 bridgehead atoms. The van der Waals surface area contributed by atoms with E-state index in [1.807, 2.05) is 23.1 Å². The van der Waals surface area contributed by atoms with Crippen LogP contribution in [0.3, 0.4) is 0 Å². The van der Waals surface area contributed by atoms with Crippen LogP contribution in [0.2, 0.25) is 0 Å². The van der Waals surface area contributed by atoms with Gasteiger partial charge in [0.15, 0.2) is 5.82 Å². The molecule has 0 unspecified atom stereocenters. The molecule has 2 heterocycles. The lowest BCUT2D eigenvalue weighted by Gasteiger charge is -2.38. The number of piperidine rings is 1. The molecule has 6 nitrogen and oxygen atoms in total. The van der Waals surface area contributed by atoms with Gasteiger partial charge in [0.05, 0.1) is 6.10 Å². The topological polar surface area (TPSA) is 68.5 Å². The second-order valence-corrected chi connectivity index (χ2v) is 6.26. The molecule has 1 saturated heterocycles. The highest BCUT2D eigenvalue weighted by Gasteiger charge is 2.32. The van der Waals surface area contributed by atoms with Gasteiger partial charge in [0.1, 0.15) is 6.42 Å². The number of rotatable bonds is 5. The van der Waals surface area contributed by atoms with E-state index in [2.05, 4.69) is 22.3 Å². The third-order valence-electron chi connectivity index (χ3n) is 4.53. The van der Waals surface area contributed by atoms with Crippen LogP contribution in [0.5, 0.6) is 0 Å². The molecular weight excluding hydrogens is 306 g/mol. The maximum absolute atomic E-state index is 12.5. The zero-order valence-corrected chi connectivity index (χ0v) is 14.1. The van der Waals surface area contributed by atoms with Crippen molar-refractivity contribution in [2.75, 3.05) is 20.2 Å². The number of carbonyl (C=O) groups is 1. The van der Waals surface area contributed by atoms with E-state index < -0.39 is 0 Å². The van der Waals surface area contributed by atoms with Crippen molar-refractivity contribution >= 4 is 5.91 Å². The zero-order chi connectivity index (χ0) is 16.9. The van der Waals surface area contributed by atoms with Gasteiger partial charge in [-0.25, -0.2) is 0 Å². The molecule has 0 aliphatic carbocycles. The van der Waals surface area contributed by atoms with Gasteiger partial charge in [-0.2, -0.15) is 4.98 Å². The summed E-state index contributed by atoms with van der Waals surface area (Å²) in [5.41, 5.74) is 1.27. The van der Waals surface area contributed by atoms with Gasteiger partial charge in [0, 0.05) is 26.1 Å². The van der Waals surface area contributed by atoms with Crippen molar-refractivity contribution in [3.8, 4) is 0 Å². The number of hydrogen-bond acceptors (Lipinski definition) is 5. The largest absolute Gasteiger partial charge is 0.381 e. The summed E-state index contributed by atoms with van der Waals surface area (Å²) in [7, 11) is 1.75. The quantitative estimate of drug-likeness (QED) is 0.839. The molecule has 0 N–H and O–H groups in total. The first-order valence-corrected chi connectivity index (χ1v) is 8.29. The minimum Gasteiger partial charge on any atom is -0.381 e. The molecule has 128 valence electrons. The number of benzene rings is 1. The first-order valence-electron chi connectivity index (χ1n) is 8.29. The Morgan fingerprint density at radius 2 is 2.17 bits per heavy atom. The van der Waals surface area contributed by atoms with Crippen LogP contribution < -0.4 is 0 Å². The molecule has 1 aromatic carbocycles. The highest BCUT2D eigenvalue weighted by atomic mass is 16.5. The predicted molar refractivity (Wildman–Crippen MR) is 88.4 cm³/mol. The van der Waals surface area contributed by atoms with Crippen LogP contribution in [-0.2, 0) is 22.4 Å². The van der Waals surface area contributed by atoms with Crippen molar-refractivity contribution in [3.63, 3.8) is 0 Å². The number of ether oxygens (including phenoxy) is 1. The summed E-state index contributed by atoms with van der Waals surface area (Å²) in [6.45, 7) is 3.15. The van der Waals surface area contributed by atoms with Crippen LogP contribution in [0.25, 0.3) is 0 Å². The van der Waals surface area contributed by atoms with Crippen molar-refractivity contribution < 1.29 is 14.1 Å². The van der Waals surface area contributed by atoms with Crippen LogP contribution in [0.4, 0.5) is 0 Å². The van der Waals surface area contributed by atoms with E-state index in [1.54, 1.807) is 14.0 Å². The van der Waals surface area contributed by atoms with E-state index in [4.69, 9.17) is 9.26 Å². The van der Waals surface area contributed by atoms with E-state index in [-0.39, 0.29) is 18.4 Å². The molecule has 2 atom stereocenters. The van der Waals surface area contributed by atoms with Crippen molar-refractivity contribution in [2.24, 2.45) is 5.92 Å². The van der Waals surface area contributed by atoms with E-state index in [0.717, 1.165) is 12.8 Å². The van der Waals surface area contributed by atoms with Crippen LogP contribution >= 0.6 is 0 Å². The summed E-state index contributed by atoms with van der Waals surface area (Å²) in [4.78, 5) is 18.5. The molecule has 0 radical (unpaired) electrons. The maximum atomic E-state index is 12.5. The van der Waals surface area contributed by atoms with Gasteiger partial charge in [0.2, 0.25) is 11.8 Å². The standard InChI is InChI=1S/C18H23N3O3/c1-13-19-17(24-20-13)11-18(22)21-9-8-16(23-2)15(12-21)10-14-6-4-3-5-7-14/h3-7,15-16H,8-12H2,1-2H3/t15-,16-/m1/s1. The second-order valence-electron chi connectivity index (χ2n) is 6.26. The molecule has 0 saturated carbocycles. The Labute approximate surface area is 141 Å². The molecule has 6 heteroatoms. The van der Waals surface area contributed by atoms with E-state index in [9.17, 15) is 4.79 Å². The predicted octanol–water partition coefficient (Wildman–Crippen LogP) is 2.03. The Kier molecular flexibility index (Phi) is 5.25. The molecule has 0 spiro atoms. The first kappa shape index (κ1) is 16.6. The van der Waals surface area contributed by atoms with Crippen LogP contribution in [0.15, 0.2) is 34.9 Å². The van der Waals surface area contributed by atoms with Crippen molar-refractivity contribution in [1.82, 2.24) is 15.0 Å². The summed E-state index contributed by atoms with van der Waals surface area (Å²) < 4.78 is 10.7. The molecule has 24 heavy (non-hydrogen) atoms.